The highest BCUT2D eigenvalue weighted by Crippen LogP contribution is 2.46. The van der Waals surface area contributed by atoms with Gasteiger partial charge in [-0.2, -0.15) is 0 Å². The number of benzene rings is 2. The predicted octanol–water partition coefficient (Wildman–Crippen LogP) is 5.31. The van der Waals surface area contributed by atoms with Crippen LogP contribution in [-0.2, 0) is 4.79 Å². The van der Waals surface area contributed by atoms with E-state index in [0.717, 1.165) is 0 Å². The van der Waals surface area contributed by atoms with E-state index < -0.39 is 17.3 Å². The van der Waals surface area contributed by atoms with E-state index in [9.17, 15) is 14.7 Å². The molecule has 6 nitrogen and oxygen atoms in total. The lowest BCUT2D eigenvalue weighted by atomic mass is 9.85. The molecule has 0 fully saturated rings. The van der Waals surface area contributed by atoms with E-state index in [4.69, 9.17) is 32.4 Å². The van der Waals surface area contributed by atoms with Gasteiger partial charge in [-0.25, -0.2) is 4.98 Å². The minimum Gasteiger partial charge on any atom is -0.507 e. The van der Waals surface area contributed by atoms with Crippen LogP contribution in [0.25, 0.3) is 22.1 Å². The van der Waals surface area contributed by atoms with Crippen molar-refractivity contribution in [3.8, 4) is 22.6 Å². The molecule has 1 aliphatic heterocycles. The van der Waals surface area contributed by atoms with Gasteiger partial charge in [0.1, 0.15) is 33.9 Å². The number of carbonyl (C=O) groups excluding carboxylic acids is 1. The standard InChI is InChI=1S/C23H13Cl2NO5/c24-12-5-3-11(4-6-12)15-10-30-22-19-14(13-2-1-7-26-23(13)25)8-18(28)31-17(19)9-16(27)20(22)21(15)29/h1-7,9-10,14,27H,8H2/t14-/m0/s1. The van der Waals surface area contributed by atoms with Crippen LogP contribution in [0, 0.1) is 0 Å². The Morgan fingerprint density at radius 2 is 1.87 bits per heavy atom. The minimum absolute atomic E-state index is 0.00541. The molecule has 1 aliphatic rings. The van der Waals surface area contributed by atoms with E-state index in [1.54, 1.807) is 42.6 Å². The van der Waals surface area contributed by atoms with Gasteiger partial charge in [-0.3, -0.25) is 9.59 Å². The van der Waals surface area contributed by atoms with Crippen LogP contribution >= 0.6 is 23.2 Å². The fourth-order valence-electron chi connectivity index (χ4n) is 3.88. The third-order valence-electron chi connectivity index (χ3n) is 5.29. The summed E-state index contributed by atoms with van der Waals surface area (Å²) in [5.74, 6) is -1.26. The van der Waals surface area contributed by atoms with Crippen LogP contribution in [0.15, 0.2) is 64.1 Å². The molecule has 0 amide bonds. The minimum atomic E-state index is -0.551. The number of nitrogens with zero attached hydrogens (tertiary/aromatic N) is 1. The Kier molecular flexibility index (Phi) is 4.68. The molecule has 0 saturated heterocycles. The van der Waals surface area contributed by atoms with Crippen LogP contribution in [0.5, 0.6) is 11.5 Å². The van der Waals surface area contributed by atoms with E-state index in [2.05, 4.69) is 4.98 Å². The van der Waals surface area contributed by atoms with Crippen molar-refractivity contribution in [3.63, 3.8) is 0 Å². The quantitative estimate of drug-likeness (QED) is 0.251. The monoisotopic (exact) mass is 453 g/mol. The molecule has 154 valence electrons. The Hall–Kier alpha value is -3.35. The van der Waals surface area contributed by atoms with Crippen LogP contribution < -0.4 is 10.2 Å². The molecule has 3 heterocycles. The molecular formula is C23H13Cl2NO5. The Bertz CT molecular complexity index is 1410. The first-order valence-electron chi connectivity index (χ1n) is 9.32. The molecule has 4 aromatic rings. The van der Waals surface area contributed by atoms with E-state index >= 15 is 0 Å². The second-order valence-corrected chi connectivity index (χ2v) is 7.91. The number of hydrogen-bond acceptors (Lipinski definition) is 6. The third kappa shape index (κ3) is 3.24. The molecule has 5 rings (SSSR count). The Morgan fingerprint density at radius 3 is 2.61 bits per heavy atom. The van der Waals surface area contributed by atoms with Crippen molar-refractivity contribution in [2.24, 2.45) is 0 Å². The maximum atomic E-state index is 13.3. The van der Waals surface area contributed by atoms with Crippen LogP contribution in [0.3, 0.4) is 0 Å². The van der Waals surface area contributed by atoms with Gasteiger partial charge in [0.2, 0.25) is 5.43 Å². The van der Waals surface area contributed by atoms with Gasteiger partial charge < -0.3 is 14.3 Å². The SMILES string of the molecule is O=C1C[C@@H](c2cccnc2Cl)c2c(cc(O)c3c(=O)c(-c4ccc(Cl)cc4)coc23)O1. The molecule has 8 heteroatoms. The van der Waals surface area contributed by atoms with Gasteiger partial charge >= 0.3 is 5.97 Å². The van der Waals surface area contributed by atoms with Crippen LogP contribution in [0.2, 0.25) is 10.2 Å². The number of phenolic OH excluding ortho intramolecular Hbond substituents is 1. The van der Waals surface area contributed by atoms with Crippen LogP contribution in [0.4, 0.5) is 0 Å². The summed E-state index contributed by atoms with van der Waals surface area (Å²) >= 11 is 12.2. The number of halogens is 2. The summed E-state index contributed by atoms with van der Waals surface area (Å²) in [4.78, 5) is 29.6. The number of aromatic nitrogens is 1. The second kappa shape index (κ2) is 7.41. The Labute approximate surface area is 185 Å². The molecule has 0 bridgehead atoms. The lowest BCUT2D eigenvalue weighted by molar-refractivity contribution is -0.135. The summed E-state index contributed by atoms with van der Waals surface area (Å²) in [6.07, 6.45) is 2.86. The van der Waals surface area contributed by atoms with Gasteiger partial charge in [0.15, 0.2) is 0 Å². The molecule has 1 atom stereocenters. The first kappa shape index (κ1) is 19.6. The number of ether oxygens (including phenoxy) is 1. The molecule has 0 aliphatic carbocycles. The number of carbonyl (C=O) groups is 1. The highest BCUT2D eigenvalue weighted by Gasteiger charge is 2.34. The topological polar surface area (TPSA) is 89.6 Å². The average molecular weight is 454 g/mol. The zero-order chi connectivity index (χ0) is 21.7. The molecule has 1 N–H and O–H groups in total. The smallest absolute Gasteiger partial charge is 0.312 e. The van der Waals surface area contributed by atoms with Crippen LogP contribution in [0.1, 0.15) is 23.5 Å². The first-order valence-corrected chi connectivity index (χ1v) is 10.1. The highest BCUT2D eigenvalue weighted by atomic mass is 35.5. The fraction of sp³-hybridized carbons (Fsp3) is 0.0870. The molecule has 2 aromatic carbocycles. The third-order valence-corrected chi connectivity index (χ3v) is 5.86. The van der Waals surface area contributed by atoms with Gasteiger partial charge in [-0.1, -0.05) is 41.4 Å². The molecule has 0 saturated carbocycles. The number of pyridine rings is 1. The maximum Gasteiger partial charge on any atom is 0.312 e. The molecule has 0 spiro atoms. The number of hydrogen-bond donors (Lipinski definition) is 1. The molecule has 0 unspecified atom stereocenters. The molecular weight excluding hydrogens is 441 g/mol. The molecule has 0 radical (unpaired) electrons. The maximum absolute atomic E-state index is 13.3. The van der Waals surface area contributed by atoms with Gasteiger partial charge in [0, 0.05) is 28.8 Å². The van der Waals surface area contributed by atoms with Gasteiger partial charge in [0.25, 0.3) is 0 Å². The van der Waals surface area contributed by atoms with E-state index in [1.165, 1.54) is 12.3 Å². The van der Waals surface area contributed by atoms with Gasteiger partial charge in [-0.05, 0) is 29.3 Å². The molecule has 31 heavy (non-hydrogen) atoms. The largest absolute Gasteiger partial charge is 0.507 e. The van der Waals surface area contributed by atoms with Gasteiger partial charge in [0.05, 0.1) is 12.0 Å². The summed E-state index contributed by atoms with van der Waals surface area (Å²) in [5.41, 5.74) is 1.63. The second-order valence-electron chi connectivity index (χ2n) is 7.11. The number of esters is 1. The van der Waals surface area contributed by atoms with E-state index in [0.29, 0.717) is 21.7 Å². The summed E-state index contributed by atoms with van der Waals surface area (Å²) in [6.45, 7) is 0. The summed E-state index contributed by atoms with van der Waals surface area (Å²) in [5, 5.41) is 11.4. The van der Waals surface area contributed by atoms with E-state index in [-0.39, 0.29) is 39.6 Å². The van der Waals surface area contributed by atoms with Crippen molar-refractivity contribution in [2.45, 2.75) is 12.3 Å². The zero-order valence-corrected chi connectivity index (χ0v) is 17.3. The van der Waals surface area contributed by atoms with Gasteiger partial charge in [-0.15, -0.1) is 0 Å². The summed E-state index contributed by atoms with van der Waals surface area (Å²) in [7, 11) is 0. The van der Waals surface area contributed by atoms with Crippen molar-refractivity contribution in [3.05, 3.63) is 86.5 Å². The van der Waals surface area contributed by atoms with Crippen LogP contribution in [-0.4, -0.2) is 16.1 Å². The van der Waals surface area contributed by atoms with Crippen molar-refractivity contribution in [1.29, 1.82) is 0 Å². The average Bonchev–Trinajstić information content (AvgIpc) is 2.74. The van der Waals surface area contributed by atoms with E-state index in [1.807, 2.05) is 0 Å². The van der Waals surface area contributed by atoms with Crippen molar-refractivity contribution >= 4 is 40.1 Å². The first-order chi connectivity index (χ1) is 14.9. The van der Waals surface area contributed by atoms with Crippen molar-refractivity contribution in [1.82, 2.24) is 4.98 Å². The molecule has 2 aromatic heterocycles. The highest BCUT2D eigenvalue weighted by molar-refractivity contribution is 6.30. The number of fused-ring (bicyclic) bond motifs is 3. The van der Waals surface area contributed by atoms with Crippen molar-refractivity contribution in [2.75, 3.05) is 0 Å². The Morgan fingerprint density at radius 1 is 1.10 bits per heavy atom. The van der Waals surface area contributed by atoms with Crippen molar-refractivity contribution < 1.29 is 19.1 Å². The lowest BCUT2D eigenvalue weighted by Gasteiger charge is -2.26. The normalized spacial score (nSPS) is 15.5. The summed E-state index contributed by atoms with van der Waals surface area (Å²) in [6, 6.07) is 11.4. The predicted molar refractivity (Wildman–Crippen MR) is 116 cm³/mol. The number of rotatable bonds is 2. The Balaban J connectivity index is 1.80. The number of aromatic hydroxyl groups is 1. The fourth-order valence-corrected chi connectivity index (χ4v) is 4.26. The zero-order valence-electron chi connectivity index (χ0n) is 15.8. The lowest BCUT2D eigenvalue weighted by Crippen LogP contribution is -2.22. The number of phenols is 1. The summed E-state index contributed by atoms with van der Waals surface area (Å²) < 4.78 is 11.2.